The topological polar surface area (TPSA) is 12.0 Å². The highest BCUT2D eigenvalue weighted by Gasteiger charge is 2.33. The molecular weight excluding hydrogens is 259 g/mol. The maximum Gasteiger partial charge on any atom is 0.417 e. The molecule has 98 valence electrons. The number of hydrogen-bond acceptors (Lipinski definition) is 2. The second-order valence-electron chi connectivity index (χ2n) is 4.14. The van der Waals surface area contributed by atoms with Gasteiger partial charge < -0.3 is 5.32 Å². The molecule has 0 aliphatic rings. The molecule has 1 N–H and O–H groups in total. The lowest BCUT2D eigenvalue weighted by Crippen LogP contribution is -2.09. The smallest absolute Gasteiger partial charge is 0.320 e. The molecule has 0 radical (unpaired) electrons. The SMILES string of the molecule is CNCCCc1csc2cccc(C(F)(F)F)c12. The predicted octanol–water partition coefficient (Wildman–Crippen LogP) is 4.07. The number of thiophene rings is 1. The first-order valence-electron chi connectivity index (χ1n) is 5.75. The van der Waals surface area contributed by atoms with Crippen LogP contribution in [0.25, 0.3) is 10.1 Å². The van der Waals surface area contributed by atoms with Crippen LogP contribution in [0.2, 0.25) is 0 Å². The van der Waals surface area contributed by atoms with Crippen LogP contribution in [0, 0.1) is 0 Å². The largest absolute Gasteiger partial charge is 0.417 e. The summed E-state index contributed by atoms with van der Waals surface area (Å²) < 4.78 is 39.6. The van der Waals surface area contributed by atoms with Gasteiger partial charge in [0, 0.05) is 10.1 Å². The lowest BCUT2D eigenvalue weighted by atomic mass is 10.0. The molecule has 1 nitrogen and oxygen atoms in total. The van der Waals surface area contributed by atoms with Gasteiger partial charge in [0.1, 0.15) is 0 Å². The van der Waals surface area contributed by atoms with E-state index in [9.17, 15) is 13.2 Å². The molecule has 0 saturated carbocycles. The molecule has 1 aromatic heterocycles. The first kappa shape index (κ1) is 13.4. The van der Waals surface area contributed by atoms with E-state index in [1.807, 2.05) is 12.4 Å². The van der Waals surface area contributed by atoms with Crippen LogP contribution in [0.1, 0.15) is 17.5 Å². The minimum atomic E-state index is -4.28. The van der Waals surface area contributed by atoms with E-state index in [0.717, 1.165) is 24.6 Å². The molecule has 18 heavy (non-hydrogen) atoms. The highest BCUT2D eigenvalue weighted by atomic mass is 32.1. The Balaban J connectivity index is 2.42. The fourth-order valence-corrected chi connectivity index (χ4v) is 3.05. The van der Waals surface area contributed by atoms with E-state index < -0.39 is 11.7 Å². The Morgan fingerprint density at radius 3 is 2.72 bits per heavy atom. The summed E-state index contributed by atoms with van der Waals surface area (Å²) in [5.74, 6) is 0. The van der Waals surface area contributed by atoms with Crippen molar-refractivity contribution in [3.63, 3.8) is 0 Å². The van der Waals surface area contributed by atoms with Crippen LogP contribution >= 0.6 is 11.3 Å². The molecule has 5 heteroatoms. The van der Waals surface area contributed by atoms with Crippen molar-refractivity contribution in [2.75, 3.05) is 13.6 Å². The molecule has 0 fully saturated rings. The van der Waals surface area contributed by atoms with Crippen LogP contribution in [0.5, 0.6) is 0 Å². The standard InChI is InChI=1S/C13H14F3NS/c1-17-7-3-4-9-8-18-11-6-2-5-10(12(9)11)13(14,15)16/h2,5-6,8,17H,3-4,7H2,1H3. The summed E-state index contributed by atoms with van der Waals surface area (Å²) in [4.78, 5) is 0. The van der Waals surface area contributed by atoms with Crippen LogP contribution < -0.4 is 5.32 Å². The zero-order valence-electron chi connectivity index (χ0n) is 9.97. The van der Waals surface area contributed by atoms with E-state index in [1.165, 1.54) is 17.4 Å². The van der Waals surface area contributed by atoms with Gasteiger partial charge >= 0.3 is 6.18 Å². The fourth-order valence-electron chi connectivity index (χ4n) is 2.03. The van der Waals surface area contributed by atoms with Crippen LogP contribution in [0.3, 0.4) is 0 Å². The van der Waals surface area contributed by atoms with E-state index in [0.29, 0.717) is 16.5 Å². The Kier molecular flexibility index (Phi) is 3.92. The van der Waals surface area contributed by atoms with Crippen molar-refractivity contribution >= 4 is 21.4 Å². The van der Waals surface area contributed by atoms with E-state index in [2.05, 4.69) is 5.32 Å². The maximum absolute atomic E-state index is 13.0. The van der Waals surface area contributed by atoms with Crippen molar-refractivity contribution in [2.24, 2.45) is 0 Å². The summed E-state index contributed by atoms with van der Waals surface area (Å²) in [6, 6.07) is 4.38. The number of alkyl halides is 3. The van der Waals surface area contributed by atoms with Crippen molar-refractivity contribution in [1.82, 2.24) is 5.32 Å². The summed E-state index contributed by atoms with van der Waals surface area (Å²) in [5, 5.41) is 5.23. The molecule has 2 rings (SSSR count). The van der Waals surface area contributed by atoms with Crippen LogP contribution in [-0.2, 0) is 12.6 Å². The zero-order chi connectivity index (χ0) is 13.2. The third-order valence-electron chi connectivity index (χ3n) is 2.85. The van der Waals surface area contributed by atoms with Gasteiger partial charge in [-0.3, -0.25) is 0 Å². The quantitative estimate of drug-likeness (QED) is 0.828. The van der Waals surface area contributed by atoms with Gasteiger partial charge in [0.05, 0.1) is 5.56 Å². The summed E-state index contributed by atoms with van der Waals surface area (Å²) in [5.41, 5.74) is 0.291. The molecule has 0 aliphatic carbocycles. The lowest BCUT2D eigenvalue weighted by Gasteiger charge is -2.10. The van der Waals surface area contributed by atoms with Gasteiger partial charge in [0.15, 0.2) is 0 Å². The van der Waals surface area contributed by atoms with Crippen LogP contribution in [-0.4, -0.2) is 13.6 Å². The summed E-state index contributed by atoms with van der Waals surface area (Å²) in [6.07, 6.45) is -2.76. The molecule has 0 spiro atoms. The highest BCUT2D eigenvalue weighted by Crippen LogP contribution is 2.39. The molecule has 1 heterocycles. The number of aryl methyl sites for hydroxylation is 1. The second-order valence-corrected chi connectivity index (χ2v) is 5.06. The van der Waals surface area contributed by atoms with E-state index in [4.69, 9.17) is 0 Å². The fraction of sp³-hybridized carbons (Fsp3) is 0.385. The van der Waals surface area contributed by atoms with E-state index >= 15 is 0 Å². The van der Waals surface area contributed by atoms with Gasteiger partial charge in [0.2, 0.25) is 0 Å². The van der Waals surface area contributed by atoms with Gasteiger partial charge in [-0.1, -0.05) is 6.07 Å². The molecule has 0 bridgehead atoms. The lowest BCUT2D eigenvalue weighted by molar-refractivity contribution is -0.136. The molecule has 0 aliphatic heterocycles. The van der Waals surface area contributed by atoms with Gasteiger partial charge in [-0.05, 0) is 49.5 Å². The second kappa shape index (κ2) is 5.28. The normalized spacial score (nSPS) is 12.2. The molecule has 0 amide bonds. The van der Waals surface area contributed by atoms with E-state index in [-0.39, 0.29) is 0 Å². The Bertz CT molecular complexity index is 531. The average Bonchev–Trinajstić information content (AvgIpc) is 2.71. The molecule has 1 aromatic carbocycles. The molecule has 0 atom stereocenters. The van der Waals surface area contributed by atoms with Gasteiger partial charge in [-0.25, -0.2) is 0 Å². The average molecular weight is 273 g/mol. The van der Waals surface area contributed by atoms with Crippen molar-refractivity contribution in [3.05, 3.63) is 34.7 Å². The third kappa shape index (κ3) is 2.67. The summed E-state index contributed by atoms with van der Waals surface area (Å²) in [6.45, 7) is 0.811. The number of halogens is 3. The Hall–Kier alpha value is -1.07. The maximum atomic E-state index is 13.0. The molecule has 0 saturated heterocycles. The van der Waals surface area contributed by atoms with Crippen molar-refractivity contribution in [3.8, 4) is 0 Å². The summed E-state index contributed by atoms with van der Waals surface area (Å²) >= 11 is 1.38. The number of nitrogens with one attached hydrogen (secondary N) is 1. The monoisotopic (exact) mass is 273 g/mol. The number of hydrogen-bond donors (Lipinski definition) is 1. The minimum absolute atomic E-state index is 0.381. The first-order chi connectivity index (χ1) is 8.54. The third-order valence-corrected chi connectivity index (χ3v) is 3.85. The van der Waals surface area contributed by atoms with Crippen LogP contribution in [0.4, 0.5) is 13.2 Å². The Labute approximate surface area is 108 Å². The predicted molar refractivity (Wildman–Crippen MR) is 69.1 cm³/mol. The Morgan fingerprint density at radius 1 is 1.28 bits per heavy atom. The van der Waals surface area contributed by atoms with Gasteiger partial charge in [-0.2, -0.15) is 13.2 Å². The number of fused-ring (bicyclic) bond motifs is 1. The van der Waals surface area contributed by atoms with Crippen molar-refractivity contribution < 1.29 is 13.2 Å². The Morgan fingerprint density at radius 2 is 2.06 bits per heavy atom. The van der Waals surface area contributed by atoms with Crippen molar-refractivity contribution in [1.29, 1.82) is 0 Å². The highest BCUT2D eigenvalue weighted by molar-refractivity contribution is 7.17. The molecule has 0 unspecified atom stereocenters. The summed E-state index contributed by atoms with van der Waals surface area (Å²) in [7, 11) is 1.84. The van der Waals surface area contributed by atoms with E-state index in [1.54, 1.807) is 6.07 Å². The number of benzene rings is 1. The minimum Gasteiger partial charge on any atom is -0.320 e. The van der Waals surface area contributed by atoms with Gasteiger partial charge in [-0.15, -0.1) is 11.3 Å². The molecule has 2 aromatic rings. The van der Waals surface area contributed by atoms with Gasteiger partial charge in [0.25, 0.3) is 0 Å². The van der Waals surface area contributed by atoms with Crippen molar-refractivity contribution in [2.45, 2.75) is 19.0 Å². The number of rotatable bonds is 4. The van der Waals surface area contributed by atoms with Crippen LogP contribution in [0.15, 0.2) is 23.6 Å². The first-order valence-corrected chi connectivity index (χ1v) is 6.63. The molecular formula is C13H14F3NS. The zero-order valence-corrected chi connectivity index (χ0v) is 10.8.